The molecule has 162 valence electrons. The van der Waals surface area contributed by atoms with Crippen LogP contribution in [0.25, 0.3) is 0 Å². The fraction of sp³-hybridized carbons (Fsp3) is 0.600. The molecule has 1 fully saturated rings. The molecule has 0 radical (unpaired) electrons. The van der Waals surface area contributed by atoms with Gasteiger partial charge in [-0.05, 0) is 39.8 Å². The molecular formula is C20H28O8S. The van der Waals surface area contributed by atoms with Crippen molar-refractivity contribution in [2.24, 2.45) is 11.8 Å². The van der Waals surface area contributed by atoms with Gasteiger partial charge in [0.1, 0.15) is 0 Å². The molecule has 29 heavy (non-hydrogen) atoms. The lowest BCUT2D eigenvalue weighted by Crippen LogP contribution is -2.54. The maximum absolute atomic E-state index is 13.5. The number of ether oxygens (including phenoxy) is 4. The van der Waals surface area contributed by atoms with Gasteiger partial charge in [-0.25, -0.2) is 8.42 Å². The minimum absolute atomic E-state index is 0.00982. The highest BCUT2D eigenvalue weighted by atomic mass is 32.2. The SMILES string of the molecule is COC(=O)C(C(=O)OC)[C@@H]([C@H]1COC(C)(C)O1)C(C)(C)S(=O)(=O)c1ccccc1. The second-order valence-corrected chi connectivity index (χ2v) is 10.4. The molecule has 1 aliphatic heterocycles. The first-order valence-electron chi connectivity index (χ1n) is 9.16. The van der Waals surface area contributed by atoms with E-state index in [4.69, 9.17) is 18.9 Å². The third-order valence-electron chi connectivity index (χ3n) is 5.25. The second kappa shape index (κ2) is 8.41. The van der Waals surface area contributed by atoms with Crippen molar-refractivity contribution in [3.63, 3.8) is 0 Å². The summed E-state index contributed by atoms with van der Waals surface area (Å²) in [6, 6.07) is 7.85. The predicted octanol–water partition coefficient (Wildman–Crippen LogP) is 1.97. The average molecular weight is 429 g/mol. The molecule has 0 spiro atoms. The Bertz CT molecular complexity index is 828. The molecule has 1 aromatic carbocycles. The number of methoxy groups -OCH3 is 2. The van der Waals surface area contributed by atoms with Crippen LogP contribution in [-0.2, 0) is 38.4 Å². The van der Waals surface area contributed by atoms with Crippen molar-refractivity contribution in [2.75, 3.05) is 20.8 Å². The summed E-state index contributed by atoms with van der Waals surface area (Å²) in [5.41, 5.74) is 0. The minimum Gasteiger partial charge on any atom is -0.468 e. The molecule has 8 nitrogen and oxygen atoms in total. The summed E-state index contributed by atoms with van der Waals surface area (Å²) in [5, 5.41) is 0. The van der Waals surface area contributed by atoms with Crippen LogP contribution in [0, 0.1) is 11.8 Å². The zero-order valence-electron chi connectivity index (χ0n) is 17.5. The smallest absolute Gasteiger partial charge is 0.320 e. The summed E-state index contributed by atoms with van der Waals surface area (Å²) in [6.45, 7) is 6.29. The van der Waals surface area contributed by atoms with E-state index in [1.54, 1.807) is 32.0 Å². The monoisotopic (exact) mass is 428 g/mol. The van der Waals surface area contributed by atoms with Crippen LogP contribution in [0.2, 0.25) is 0 Å². The van der Waals surface area contributed by atoms with Gasteiger partial charge in [0.25, 0.3) is 0 Å². The van der Waals surface area contributed by atoms with E-state index in [0.29, 0.717) is 0 Å². The number of carbonyl (C=O) groups excluding carboxylic acids is 2. The van der Waals surface area contributed by atoms with E-state index in [9.17, 15) is 18.0 Å². The van der Waals surface area contributed by atoms with Crippen LogP contribution in [0.15, 0.2) is 35.2 Å². The number of benzene rings is 1. The predicted molar refractivity (Wildman–Crippen MR) is 104 cm³/mol. The van der Waals surface area contributed by atoms with Gasteiger partial charge in [0.15, 0.2) is 21.5 Å². The van der Waals surface area contributed by atoms with E-state index in [1.807, 2.05) is 0 Å². The van der Waals surface area contributed by atoms with Crippen molar-refractivity contribution in [1.82, 2.24) is 0 Å². The third-order valence-corrected chi connectivity index (χ3v) is 7.80. The lowest BCUT2D eigenvalue weighted by atomic mass is 9.78. The van der Waals surface area contributed by atoms with Crippen LogP contribution in [0.5, 0.6) is 0 Å². The highest BCUT2D eigenvalue weighted by molar-refractivity contribution is 7.92. The Kier molecular flexibility index (Phi) is 6.76. The quantitative estimate of drug-likeness (QED) is 0.479. The van der Waals surface area contributed by atoms with Crippen molar-refractivity contribution in [3.8, 4) is 0 Å². The Morgan fingerprint density at radius 2 is 1.62 bits per heavy atom. The molecule has 1 aliphatic rings. The lowest BCUT2D eigenvalue weighted by Gasteiger charge is -2.39. The second-order valence-electron chi connectivity index (χ2n) is 7.84. The maximum Gasteiger partial charge on any atom is 0.320 e. The van der Waals surface area contributed by atoms with Crippen LogP contribution in [0.3, 0.4) is 0 Å². The molecule has 0 N–H and O–H groups in total. The molecule has 0 amide bonds. The van der Waals surface area contributed by atoms with Crippen molar-refractivity contribution < 1.29 is 37.0 Å². The van der Waals surface area contributed by atoms with Gasteiger partial charge < -0.3 is 18.9 Å². The van der Waals surface area contributed by atoms with Gasteiger partial charge in [0, 0.05) is 5.92 Å². The zero-order valence-corrected chi connectivity index (χ0v) is 18.3. The van der Waals surface area contributed by atoms with Gasteiger partial charge in [0.2, 0.25) is 0 Å². The third kappa shape index (κ3) is 4.46. The topological polar surface area (TPSA) is 105 Å². The Morgan fingerprint density at radius 1 is 1.10 bits per heavy atom. The van der Waals surface area contributed by atoms with E-state index < -0.39 is 50.2 Å². The molecule has 1 heterocycles. The number of rotatable bonds is 7. The van der Waals surface area contributed by atoms with Crippen LogP contribution in [-0.4, -0.2) is 57.8 Å². The van der Waals surface area contributed by atoms with Gasteiger partial charge in [-0.15, -0.1) is 0 Å². The Morgan fingerprint density at radius 3 is 2.03 bits per heavy atom. The Hall–Kier alpha value is -1.97. The van der Waals surface area contributed by atoms with Crippen LogP contribution in [0.1, 0.15) is 27.7 Å². The highest BCUT2D eigenvalue weighted by Gasteiger charge is 2.57. The van der Waals surface area contributed by atoms with Crippen molar-refractivity contribution >= 4 is 21.8 Å². The molecule has 1 aromatic rings. The first-order chi connectivity index (χ1) is 13.4. The Labute approximate surface area is 171 Å². The maximum atomic E-state index is 13.5. The molecule has 0 saturated carbocycles. The Balaban J connectivity index is 2.65. The summed E-state index contributed by atoms with van der Waals surface area (Å²) in [7, 11) is -1.73. The van der Waals surface area contributed by atoms with Gasteiger partial charge >= 0.3 is 11.9 Å². The van der Waals surface area contributed by atoms with Gasteiger partial charge in [-0.2, -0.15) is 0 Å². The molecule has 9 heteroatoms. The average Bonchev–Trinajstić information content (AvgIpc) is 3.04. The fourth-order valence-electron chi connectivity index (χ4n) is 3.68. The summed E-state index contributed by atoms with van der Waals surface area (Å²) in [4.78, 5) is 25.2. The number of esters is 2. The normalized spacial score (nSPS) is 20.3. The standard InChI is InChI=1S/C20H28O8S/c1-19(2,29(23,24)13-10-8-7-9-11-13)16(14-12-27-20(3,4)28-14)15(17(21)25-5)18(22)26-6/h7-11,14-16H,12H2,1-6H3/t14-,16-/m1/s1. The molecule has 2 atom stereocenters. The highest BCUT2D eigenvalue weighted by Crippen LogP contribution is 2.43. The molecule has 1 saturated heterocycles. The first-order valence-corrected chi connectivity index (χ1v) is 10.6. The number of hydrogen-bond acceptors (Lipinski definition) is 8. The van der Waals surface area contributed by atoms with E-state index in [-0.39, 0.29) is 11.5 Å². The summed E-state index contributed by atoms with van der Waals surface area (Å²) >= 11 is 0. The van der Waals surface area contributed by atoms with Crippen LogP contribution in [0.4, 0.5) is 0 Å². The van der Waals surface area contributed by atoms with E-state index in [0.717, 1.165) is 14.2 Å². The van der Waals surface area contributed by atoms with Gasteiger partial charge in [-0.3, -0.25) is 9.59 Å². The fourth-order valence-corrected chi connectivity index (χ4v) is 5.45. The van der Waals surface area contributed by atoms with E-state index in [1.165, 1.54) is 26.0 Å². The molecule has 2 rings (SSSR count). The lowest BCUT2D eigenvalue weighted by molar-refractivity contribution is -0.172. The minimum atomic E-state index is -3.99. The molecule has 0 bridgehead atoms. The zero-order chi connectivity index (χ0) is 22.0. The summed E-state index contributed by atoms with van der Waals surface area (Å²) in [6.07, 6.45) is -0.860. The summed E-state index contributed by atoms with van der Waals surface area (Å²) < 4.78 is 46.6. The molecule has 0 aromatic heterocycles. The molecule has 0 aliphatic carbocycles. The largest absolute Gasteiger partial charge is 0.468 e. The van der Waals surface area contributed by atoms with Crippen molar-refractivity contribution in [2.45, 2.75) is 49.2 Å². The van der Waals surface area contributed by atoms with Crippen molar-refractivity contribution in [1.29, 1.82) is 0 Å². The molecule has 0 unspecified atom stereocenters. The van der Waals surface area contributed by atoms with Crippen LogP contribution >= 0.6 is 0 Å². The number of sulfone groups is 1. The van der Waals surface area contributed by atoms with Crippen LogP contribution < -0.4 is 0 Å². The van der Waals surface area contributed by atoms with Gasteiger partial charge in [-0.1, -0.05) is 18.2 Å². The summed E-state index contributed by atoms with van der Waals surface area (Å²) in [5.74, 6) is -5.43. The van der Waals surface area contributed by atoms with E-state index in [2.05, 4.69) is 0 Å². The van der Waals surface area contributed by atoms with Gasteiger partial charge in [0.05, 0.1) is 36.6 Å². The number of hydrogen-bond donors (Lipinski definition) is 0. The van der Waals surface area contributed by atoms with E-state index >= 15 is 0 Å². The van der Waals surface area contributed by atoms with Crippen molar-refractivity contribution in [3.05, 3.63) is 30.3 Å². The molecular weight excluding hydrogens is 400 g/mol. The number of carbonyl (C=O) groups is 2. The first kappa shape index (κ1) is 23.3.